The Balaban J connectivity index is 4.59. The number of carbonyl (C=O) groups is 3. The van der Waals surface area contributed by atoms with Crippen LogP contribution in [0.4, 0.5) is 0 Å². The van der Waals surface area contributed by atoms with Crippen LogP contribution in [0, 0.1) is 0 Å². The number of hydrogen-bond acceptors (Lipinski definition) is 14. The zero-order valence-electron chi connectivity index (χ0n) is 77.8. The highest BCUT2D eigenvalue weighted by atomic mass is 31.2. The minimum Gasteiger partial charge on any atom is -0.463 e. The second-order valence-corrected chi connectivity index (χ2v) is 35.4. The predicted octanol–water partition coefficient (Wildman–Crippen LogP) is 30.8. The second-order valence-electron chi connectivity index (χ2n) is 32.5. The third-order valence-electron chi connectivity index (χ3n) is 20.6. The highest BCUT2D eigenvalue weighted by molar-refractivity contribution is 7.47. The van der Waals surface area contributed by atoms with Gasteiger partial charge in [-0.3, -0.25) is 32.5 Å². The van der Waals surface area contributed by atoms with Crippen LogP contribution < -0.4 is 0 Å². The van der Waals surface area contributed by atoms with Crippen LogP contribution in [0.25, 0.3) is 0 Å². The van der Waals surface area contributed by atoms with E-state index >= 15 is 0 Å². The molecule has 5 unspecified atom stereocenters. The van der Waals surface area contributed by atoms with E-state index in [1.165, 1.54) is 167 Å². The molecule has 5 atom stereocenters. The van der Waals surface area contributed by atoms with Gasteiger partial charge in [0.05, 0.1) is 26.4 Å². The Bertz CT molecular complexity index is 2970. The molecule has 4 N–H and O–H groups in total. The number of aliphatic hydroxyl groups excluding tert-OH is 2. The lowest BCUT2D eigenvalue weighted by molar-refractivity contribution is -0.161. The van der Waals surface area contributed by atoms with Crippen LogP contribution in [0.15, 0.2) is 182 Å². The van der Waals surface area contributed by atoms with Gasteiger partial charge in [-0.2, -0.15) is 0 Å². The smallest absolute Gasteiger partial charge is 0.463 e. The SMILES string of the molecule is CC/C=C\C/C=C\C/C=C\C/C=C\C/C=C\C/C=C\CCCCCCCCCCC(=O)OCC(COP(=O)(O)OCC(O)COP(=O)(O)OCC(O)COC(=O)CCCCCCCCCCCCCCCCCCCCC/C=C\C/C=C\C/C=C\C/C=C\C/C=C\CC)OC(=O)CCCCCCCCCCC/C=C\C/C=C\C/C=C\C/C=C\CCCCC. The molecule has 0 spiro atoms. The standard InChI is InChI=1S/C105H178O16P2/c1-4-7-10-13-16-19-22-25-28-31-34-37-40-43-45-46-47-48-49-50-51-52-54-57-58-61-64-67-70-73-76-79-82-85-88-91-103(108)115-94-100(106)95-117-122(111,112)118-96-101(107)97-119-123(113,114)120-99-102(121-105(110)93-90-87-84-81-78-75-72-69-66-63-60-55-42-39-36-33-30-27-24-21-18-15-12-9-6-3)98-116-104(109)92-89-86-83-80-77-74-71-68-65-62-59-56-53-44-41-38-35-32-29-26-23-20-17-14-11-8-5-2/h7-8,10-11,16-21,25-30,34-39,43-45,53,55,59-60,62,100-102,106-107H,4-6,9,12-15,22-24,31-33,40-42,46-52,54,56-58,61,63-99H2,1-3H3,(H,111,112)(H,113,114)/b10-7-,11-8-,19-16-,20-17-,21-18-,28-25-,29-26-,30-27-,37-34-,38-35-,39-36-,45-43-,53-44-,60-55-,62-59-. The first-order valence-corrected chi connectivity index (χ1v) is 52.1. The zero-order valence-corrected chi connectivity index (χ0v) is 79.6. The Labute approximate surface area is 751 Å². The molecule has 0 rings (SSSR count). The lowest BCUT2D eigenvalue weighted by atomic mass is 10.0. The fourth-order valence-electron chi connectivity index (χ4n) is 13.2. The van der Waals surface area contributed by atoms with Crippen LogP contribution in [-0.2, 0) is 55.8 Å². The Morgan fingerprint density at radius 2 is 0.431 bits per heavy atom. The molecule has 123 heavy (non-hydrogen) atoms. The van der Waals surface area contributed by atoms with Gasteiger partial charge in [0.25, 0.3) is 0 Å². The number of hydrogen-bond donors (Lipinski definition) is 4. The number of phosphoric ester groups is 2. The molecule has 0 fully saturated rings. The number of allylic oxidation sites excluding steroid dienone is 30. The zero-order chi connectivity index (χ0) is 89.3. The topological polar surface area (TPSA) is 231 Å². The molecule has 0 radical (unpaired) electrons. The van der Waals surface area contributed by atoms with Crippen molar-refractivity contribution in [3.8, 4) is 0 Å². The van der Waals surface area contributed by atoms with Crippen molar-refractivity contribution in [2.45, 2.75) is 424 Å². The molecule has 0 aliphatic rings. The van der Waals surface area contributed by atoms with E-state index in [2.05, 4.69) is 203 Å². The summed E-state index contributed by atoms with van der Waals surface area (Å²) in [5.74, 6) is -1.58. The summed E-state index contributed by atoms with van der Waals surface area (Å²) in [6.45, 7) is 2.46. The molecule has 0 saturated carbocycles. The van der Waals surface area contributed by atoms with Crippen molar-refractivity contribution in [3.05, 3.63) is 182 Å². The van der Waals surface area contributed by atoms with E-state index in [1.54, 1.807) is 0 Å². The Hall–Kier alpha value is -5.35. The summed E-state index contributed by atoms with van der Waals surface area (Å²) in [6.07, 6.45) is 127. The molecule has 0 aromatic heterocycles. The Kier molecular flexibility index (Phi) is 91.6. The lowest BCUT2D eigenvalue weighted by Gasteiger charge is -2.21. The van der Waals surface area contributed by atoms with Crippen LogP contribution in [0.3, 0.4) is 0 Å². The van der Waals surface area contributed by atoms with E-state index < -0.39 is 91.5 Å². The molecule has 0 amide bonds. The summed E-state index contributed by atoms with van der Waals surface area (Å²) < 4.78 is 61.6. The van der Waals surface area contributed by atoms with Crippen LogP contribution in [0.1, 0.15) is 406 Å². The summed E-state index contributed by atoms with van der Waals surface area (Å²) in [7, 11) is -9.82. The maximum absolute atomic E-state index is 13.1. The number of unbranched alkanes of at least 4 members (excludes halogenated alkanes) is 39. The molecular formula is C105H178O16P2. The molecule has 16 nitrogen and oxygen atoms in total. The van der Waals surface area contributed by atoms with Gasteiger partial charge in [0.1, 0.15) is 25.4 Å². The van der Waals surface area contributed by atoms with Gasteiger partial charge in [-0.1, -0.05) is 409 Å². The molecule has 0 bridgehead atoms. The average molecular weight is 1760 g/mol. The summed E-state index contributed by atoms with van der Waals surface area (Å²) >= 11 is 0. The van der Waals surface area contributed by atoms with Gasteiger partial charge in [0, 0.05) is 19.3 Å². The highest BCUT2D eigenvalue weighted by Crippen LogP contribution is 2.45. The van der Waals surface area contributed by atoms with Crippen molar-refractivity contribution in [2.75, 3.05) is 39.6 Å². The van der Waals surface area contributed by atoms with E-state index in [1.807, 2.05) is 0 Å². The maximum atomic E-state index is 13.1. The van der Waals surface area contributed by atoms with Crippen LogP contribution in [0.5, 0.6) is 0 Å². The van der Waals surface area contributed by atoms with E-state index in [4.69, 9.17) is 32.3 Å². The molecule has 0 aliphatic heterocycles. The number of rotatable bonds is 92. The minimum atomic E-state index is -4.95. The van der Waals surface area contributed by atoms with Crippen LogP contribution in [-0.4, -0.2) is 95.9 Å². The number of esters is 3. The molecule has 18 heteroatoms. The monoisotopic (exact) mass is 1760 g/mol. The third-order valence-corrected chi connectivity index (χ3v) is 22.5. The van der Waals surface area contributed by atoms with Crippen molar-refractivity contribution in [1.29, 1.82) is 0 Å². The van der Waals surface area contributed by atoms with Gasteiger partial charge >= 0.3 is 33.6 Å². The summed E-state index contributed by atoms with van der Waals surface area (Å²) in [5.41, 5.74) is 0. The number of carbonyl (C=O) groups excluding carboxylic acids is 3. The summed E-state index contributed by atoms with van der Waals surface area (Å²) in [6, 6.07) is 0. The van der Waals surface area contributed by atoms with E-state index in [0.29, 0.717) is 19.3 Å². The summed E-state index contributed by atoms with van der Waals surface area (Å²) in [4.78, 5) is 59.1. The molecule has 0 aliphatic carbocycles. The molecule has 0 heterocycles. The lowest BCUT2D eigenvalue weighted by Crippen LogP contribution is -2.30. The maximum Gasteiger partial charge on any atom is 0.472 e. The first kappa shape index (κ1) is 118. The first-order chi connectivity index (χ1) is 60.2. The van der Waals surface area contributed by atoms with Crippen molar-refractivity contribution < 1.29 is 75.8 Å². The van der Waals surface area contributed by atoms with Crippen LogP contribution in [0.2, 0.25) is 0 Å². The van der Waals surface area contributed by atoms with E-state index in [0.717, 1.165) is 180 Å². The number of ether oxygens (including phenoxy) is 3. The van der Waals surface area contributed by atoms with Crippen molar-refractivity contribution in [1.82, 2.24) is 0 Å². The molecular weight excluding hydrogens is 1580 g/mol. The molecule has 0 aromatic carbocycles. The van der Waals surface area contributed by atoms with Crippen molar-refractivity contribution >= 4 is 33.6 Å². The van der Waals surface area contributed by atoms with Gasteiger partial charge in [-0.15, -0.1) is 0 Å². The Morgan fingerprint density at radius 3 is 0.683 bits per heavy atom. The van der Waals surface area contributed by atoms with Crippen LogP contribution >= 0.6 is 15.6 Å². The number of aliphatic hydroxyl groups is 2. The number of phosphoric acid groups is 2. The van der Waals surface area contributed by atoms with Gasteiger partial charge in [0.2, 0.25) is 0 Å². The normalized spacial score (nSPS) is 14.5. The average Bonchev–Trinajstić information content (AvgIpc) is 0.893. The largest absolute Gasteiger partial charge is 0.472 e. The fourth-order valence-corrected chi connectivity index (χ4v) is 14.8. The predicted molar refractivity (Wildman–Crippen MR) is 518 cm³/mol. The van der Waals surface area contributed by atoms with Crippen molar-refractivity contribution in [3.63, 3.8) is 0 Å². The summed E-state index contributed by atoms with van der Waals surface area (Å²) in [5, 5.41) is 20.8. The van der Waals surface area contributed by atoms with Gasteiger partial charge in [0.15, 0.2) is 6.10 Å². The second kappa shape index (κ2) is 95.7. The highest BCUT2D eigenvalue weighted by Gasteiger charge is 2.30. The fraction of sp³-hybridized carbons (Fsp3) is 0.686. The van der Waals surface area contributed by atoms with Gasteiger partial charge < -0.3 is 34.2 Å². The molecule has 0 saturated heterocycles. The first-order valence-electron chi connectivity index (χ1n) is 49.1. The minimum absolute atomic E-state index is 0.0905. The van der Waals surface area contributed by atoms with E-state index in [-0.39, 0.29) is 19.3 Å². The van der Waals surface area contributed by atoms with Gasteiger partial charge in [-0.25, -0.2) is 9.13 Å². The Morgan fingerprint density at radius 1 is 0.236 bits per heavy atom. The quantitative estimate of drug-likeness (QED) is 0.0146. The molecule has 0 aromatic rings. The van der Waals surface area contributed by atoms with Gasteiger partial charge in [-0.05, 0) is 161 Å². The third kappa shape index (κ3) is 97.1. The molecule has 704 valence electrons. The van der Waals surface area contributed by atoms with Crippen molar-refractivity contribution in [2.24, 2.45) is 0 Å². The van der Waals surface area contributed by atoms with E-state index in [9.17, 15) is 43.5 Å².